The summed E-state index contributed by atoms with van der Waals surface area (Å²) in [5.74, 6) is 2.20. The highest BCUT2D eigenvalue weighted by Gasteiger charge is 2.58. The molecule has 0 aliphatic carbocycles. The summed E-state index contributed by atoms with van der Waals surface area (Å²) in [6.45, 7) is 42.1. The molecule has 0 aromatic carbocycles. The van der Waals surface area contributed by atoms with Crippen molar-refractivity contribution in [2.45, 2.75) is 124 Å². The second-order valence-electron chi connectivity index (χ2n) is 14.1. The van der Waals surface area contributed by atoms with Crippen molar-refractivity contribution in [3.63, 3.8) is 0 Å². The Morgan fingerprint density at radius 1 is 0.519 bits per heavy atom. The molecular formula is C27H56. The first kappa shape index (κ1) is 27.0. The minimum Gasteiger partial charge on any atom is -0.0625 e. The summed E-state index contributed by atoms with van der Waals surface area (Å²) in [5.41, 5.74) is 1.46. The number of hydrogen-bond donors (Lipinski definition) is 0. The Hall–Kier alpha value is 0. The van der Waals surface area contributed by atoms with Crippen LogP contribution in [0.15, 0.2) is 0 Å². The summed E-state index contributed by atoms with van der Waals surface area (Å²) in [6, 6.07) is 0. The zero-order chi connectivity index (χ0) is 22.4. The van der Waals surface area contributed by atoms with Gasteiger partial charge in [0.2, 0.25) is 0 Å². The maximum absolute atomic E-state index is 2.53. The lowest BCUT2D eigenvalue weighted by molar-refractivity contribution is -0.149. The van der Waals surface area contributed by atoms with Crippen LogP contribution in [0.4, 0.5) is 0 Å². The van der Waals surface area contributed by atoms with Crippen LogP contribution in [0.25, 0.3) is 0 Å². The van der Waals surface area contributed by atoms with Crippen molar-refractivity contribution in [2.75, 3.05) is 0 Å². The molecule has 0 fully saturated rings. The molecule has 164 valence electrons. The van der Waals surface area contributed by atoms with Crippen LogP contribution in [0.1, 0.15) is 124 Å². The largest absolute Gasteiger partial charge is 0.0625 e. The number of rotatable bonds is 8. The molecule has 2 atom stereocenters. The Labute approximate surface area is 174 Å². The van der Waals surface area contributed by atoms with Gasteiger partial charge in [0.25, 0.3) is 0 Å². The predicted molar refractivity (Wildman–Crippen MR) is 126 cm³/mol. The van der Waals surface area contributed by atoms with Gasteiger partial charge in [0.05, 0.1) is 0 Å². The van der Waals surface area contributed by atoms with E-state index in [1.807, 2.05) is 0 Å². The summed E-state index contributed by atoms with van der Waals surface area (Å²) in [6.07, 6.45) is 1.26. The van der Waals surface area contributed by atoms with E-state index < -0.39 is 0 Å². The second-order valence-corrected chi connectivity index (χ2v) is 14.1. The molecule has 0 saturated carbocycles. The van der Waals surface area contributed by atoms with Crippen LogP contribution in [0.2, 0.25) is 0 Å². The van der Waals surface area contributed by atoms with Gasteiger partial charge in [-0.25, -0.2) is 0 Å². The van der Waals surface area contributed by atoms with Crippen LogP contribution in [0.3, 0.4) is 0 Å². The van der Waals surface area contributed by atoms with Crippen molar-refractivity contribution in [2.24, 2.45) is 50.2 Å². The van der Waals surface area contributed by atoms with Crippen LogP contribution in [-0.4, -0.2) is 0 Å². The van der Waals surface area contributed by atoms with Gasteiger partial charge in [-0.15, -0.1) is 0 Å². The maximum Gasteiger partial charge on any atom is -0.0242 e. The summed E-state index contributed by atoms with van der Waals surface area (Å²) in [5, 5.41) is 0. The minimum absolute atomic E-state index is 0.199. The van der Waals surface area contributed by atoms with E-state index in [9.17, 15) is 0 Å². The standard InChI is InChI=1S/C27H56/c1-19(2)20(3)21(4)23(8,9)18-24(10,11)26(14,15)27(16,17)25(12,13)22(5,6)7/h19-21H,18H2,1-17H3. The average Bonchev–Trinajstić information content (AvgIpc) is 2.42. The van der Waals surface area contributed by atoms with Crippen LogP contribution in [-0.2, 0) is 0 Å². The molecule has 0 N–H and O–H groups in total. The van der Waals surface area contributed by atoms with Gasteiger partial charge in [0.1, 0.15) is 0 Å². The van der Waals surface area contributed by atoms with E-state index in [4.69, 9.17) is 0 Å². The summed E-state index contributed by atoms with van der Waals surface area (Å²) in [4.78, 5) is 0. The quantitative estimate of drug-likeness (QED) is 0.393. The molecule has 2 unspecified atom stereocenters. The van der Waals surface area contributed by atoms with Crippen LogP contribution in [0, 0.1) is 50.2 Å². The topological polar surface area (TPSA) is 0 Å². The van der Waals surface area contributed by atoms with Crippen molar-refractivity contribution in [1.82, 2.24) is 0 Å². The van der Waals surface area contributed by atoms with Gasteiger partial charge in [0.15, 0.2) is 0 Å². The molecule has 0 amide bonds. The smallest absolute Gasteiger partial charge is 0.0242 e. The Morgan fingerprint density at radius 2 is 0.889 bits per heavy atom. The van der Waals surface area contributed by atoms with E-state index in [-0.39, 0.29) is 27.1 Å². The van der Waals surface area contributed by atoms with E-state index in [1.165, 1.54) is 6.42 Å². The fourth-order valence-electron chi connectivity index (χ4n) is 5.37. The van der Waals surface area contributed by atoms with Gasteiger partial charge in [-0.3, -0.25) is 0 Å². The van der Waals surface area contributed by atoms with Gasteiger partial charge in [0, 0.05) is 0 Å². The molecule has 27 heavy (non-hydrogen) atoms. The van der Waals surface area contributed by atoms with E-state index in [0.717, 1.165) is 11.8 Å². The summed E-state index contributed by atoms with van der Waals surface area (Å²) < 4.78 is 0. The lowest BCUT2D eigenvalue weighted by Crippen LogP contribution is -2.56. The summed E-state index contributed by atoms with van der Waals surface area (Å²) >= 11 is 0. The molecule has 0 heterocycles. The SMILES string of the molecule is CC(C)C(C)C(C)C(C)(C)CC(C)(C)C(C)(C)C(C)(C)C(C)(C)C(C)(C)C. The average molecular weight is 381 g/mol. The molecular weight excluding hydrogens is 324 g/mol. The Balaban J connectivity index is 5.99. The molecule has 0 aliphatic heterocycles. The van der Waals surface area contributed by atoms with Gasteiger partial charge in [-0.05, 0) is 56.7 Å². The zero-order valence-electron chi connectivity index (χ0n) is 22.4. The highest BCUT2D eigenvalue weighted by molar-refractivity contribution is 5.07. The molecule has 0 radical (unpaired) electrons. The zero-order valence-corrected chi connectivity index (χ0v) is 22.4. The Kier molecular flexibility index (Phi) is 7.68. The third-order valence-corrected chi connectivity index (χ3v) is 10.7. The van der Waals surface area contributed by atoms with Crippen molar-refractivity contribution in [3.05, 3.63) is 0 Å². The monoisotopic (exact) mass is 380 g/mol. The number of hydrogen-bond acceptors (Lipinski definition) is 0. The maximum atomic E-state index is 2.53. The molecule has 0 aromatic heterocycles. The molecule has 0 rings (SSSR count). The van der Waals surface area contributed by atoms with E-state index >= 15 is 0 Å². The van der Waals surface area contributed by atoms with Crippen LogP contribution in [0.5, 0.6) is 0 Å². The lowest BCUT2D eigenvalue weighted by Gasteiger charge is -2.63. The van der Waals surface area contributed by atoms with E-state index in [1.54, 1.807) is 0 Å². The lowest BCUT2D eigenvalue weighted by atomic mass is 9.41. The normalized spacial score (nSPS) is 18.0. The van der Waals surface area contributed by atoms with E-state index in [2.05, 4.69) is 118 Å². The third kappa shape index (κ3) is 4.78. The third-order valence-electron chi connectivity index (χ3n) is 10.7. The molecule has 0 bridgehead atoms. The van der Waals surface area contributed by atoms with E-state index in [0.29, 0.717) is 11.3 Å². The van der Waals surface area contributed by atoms with Gasteiger partial charge in [-0.2, -0.15) is 0 Å². The van der Waals surface area contributed by atoms with Crippen molar-refractivity contribution in [1.29, 1.82) is 0 Å². The molecule has 0 spiro atoms. The highest BCUT2D eigenvalue weighted by Crippen LogP contribution is 2.65. The van der Waals surface area contributed by atoms with Crippen molar-refractivity contribution < 1.29 is 0 Å². The van der Waals surface area contributed by atoms with Gasteiger partial charge in [-0.1, -0.05) is 118 Å². The minimum atomic E-state index is 0.199. The second kappa shape index (κ2) is 7.68. The molecule has 0 nitrogen and oxygen atoms in total. The fraction of sp³-hybridized carbons (Fsp3) is 1.00. The van der Waals surface area contributed by atoms with Gasteiger partial charge >= 0.3 is 0 Å². The fourth-order valence-corrected chi connectivity index (χ4v) is 5.37. The first-order valence-electron chi connectivity index (χ1n) is 11.5. The first-order valence-corrected chi connectivity index (χ1v) is 11.5. The first-order chi connectivity index (χ1) is 11.5. The van der Waals surface area contributed by atoms with Gasteiger partial charge < -0.3 is 0 Å². The molecule has 0 saturated heterocycles. The van der Waals surface area contributed by atoms with Crippen molar-refractivity contribution in [3.8, 4) is 0 Å². The molecule has 0 aliphatic rings. The van der Waals surface area contributed by atoms with Crippen LogP contribution < -0.4 is 0 Å². The van der Waals surface area contributed by atoms with Crippen LogP contribution >= 0.6 is 0 Å². The Morgan fingerprint density at radius 3 is 1.19 bits per heavy atom. The highest BCUT2D eigenvalue weighted by atomic mass is 14.6. The predicted octanol–water partition coefficient (Wildman–Crippen LogP) is 9.48. The Bertz CT molecular complexity index is 477. The molecule has 0 aromatic rings. The molecule has 0 heteroatoms. The van der Waals surface area contributed by atoms with Crippen molar-refractivity contribution >= 4 is 0 Å². The summed E-state index contributed by atoms with van der Waals surface area (Å²) in [7, 11) is 0.